The lowest BCUT2D eigenvalue weighted by molar-refractivity contribution is -0.114. The third kappa shape index (κ3) is 4.64. The van der Waals surface area contributed by atoms with Crippen molar-refractivity contribution in [2.24, 2.45) is 0 Å². The number of likely N-dealkylation sites (N-methyl/N-ethyl adjacent to an activating group) is 1. The van der Waals surface area contributed by atoms with Crippen LogP contribution in [0.25, 0.3) is 11.3 Å². The van der Waals surface area contributed by atoms with Crippen molar-refractivity contribution in [1.29, 1.82) is 0 Å². The van der Waals surface area contributed by atoms with Crippen LogP contribution in [0.5, 0.6) is 0 Å². The third-order valence-electron chi connectivity index (χ3n) is 4.99. The van der Waals surface area contributed by atoms with Gasteiger partial charge in [0.1, 0.15) is 17.3 Å². The average molecular weight is 456 g/mol. The molecule has 33 heavy (non-hydrogen) atoms. The van der Waals surface area contributed by atoms with E-state index < -0.39 is 11.7 Å². The summed E-state index contributed by atoms with van der Waals surface area (Å²) in [4.78, 5) is 37.6. The fourth-order valence-corrected chi connectivity index (χ4v) is 3.41. The van der Waals surface area contributed by atoms with Crippen LogP contribution in [-0.4, -0.2) is 55.0 Å². The Balaban J connectivity index is 1.79. The summed E-state index contributed by atoms with van der Waals surface area (Å²) in [6.07, 6.45) is 1.49. The lowest BCUT2D eigenvalue weighted by Gasteiger charge is -2.22. The summed E-state index contributed by atoms with van der Waals surface area (Å²) in [5.74, 6) is -3.92. The van der Waals surface area contributed by atoms with Crippen molar-refractivity contribution in [3.05, 3.63) is 41.6 Å². The number of amides is 2. The summed E-state index contributed by atoms with van der Waals surface area (Å²) >= 11 is 0. The number of carbonyl (C=O) groups is 2. The van der Waals surface area contributed by atoms with Gasteiger partial charge in [0.15, 0.2) is 0 Å². The van der Waals surface area contributed by atoms with Crippen LogP contribution in [0.1, 0.15) is 35.9 Å². The molecule has 0 spiro atoms. The third-order valence-corrected chi connectivity index (χ3v) is 4.99. The summed E-state index contributed by atoms with van der Waals surface area (Å²) < 4.78 is 29.3. The molecule has 1 aliphatic rings. The zero-order valence-corrected chi connectivity index (χ0v) is 18.5. The normalized spacial score (nSPS) is 13.6. The van der Waals surface area contributed by atoms with E-state index in [0.717, 1.165) is 6.92 Å². The van der Waals surface area contributed by atoms with E-state index in [2.05, 4.69) is 30.7 Å². The Morgan fingerprint density at radius 2 is 1.91 bits per heavy atom. The van der Waals surface area contributed by atoms with Crippen LogP contribution < -0.4 is 10.6 Å². The van der Waals surface area contributed by atoms with Crippen LogP contribution in [0, 0.1) is 6.92 Å². The zero-order chi connectivity index (χ0) is 23.9. The molecule has 1 aliphatic heterocycles. The largest absolute Gasteiger partial charge is 0.339 e. The first-order chi connectivity index (χ1) is 15.5. The minimum absolute atomic E-state index is 0.139. The van der Waals surface area contributed by atoms with Crippen molar-refractivity contribution >= 4 is 29.1 Å². The Kier molecular flexibility index (Phi) is 5.52. The summed E-state index contributed by atoms with van der Waals surface area (Å²) in [5, 5.41) is 10.1. The van der Waals surface area contributed by atoms with Crippen molar-refractivity contribution < 1.29 is 18.4 Å². The summed E-state index contributed by atoms with van der Waals surface area (Å²) in [7, 11) is 1.72. The highest BCUT2D eigenvalue weighted by Gasteiger charge is 2.29. The maximum absolute atomic E-state index is 13.8. The van der Waals surface area contributed by atoms with Crippen molar-refractivity contribution in [2.45, 2.75) is 33.2 Å². The van der Waals surface area contributed by atoms with Crippen LogP contribution >= 0.6 is 0 Å². The predicted molar refractivity (Wildman–Crippen MR) is 116 cm³/mol. The number of alkyl halides is 2. The van der Waals surface area contributed by atoms with Gasteiger partial charge >= 0.3 is 5.92 Å². The van der Waals surface area contributed by atoms with Gasteiger partial charge in [-0.1, -0.05) is 0 Å². The second-order valence-electron chi connectivity index (χ2n) is 7.89. The summed E-state index contributed by atoms with van der Waals surface area (Å²) in [5.41, 5.74) is 2.16. The molecule has 3 aromatic rings. The SMILES string of the molecule is CC(=O)Nc1cc(Nc2cc(C)nc(C(C)(F)F)n2)c(-c2cc3n(n2)CCN(C)C3=O)cn1. The van der Waals surface area contributed by atoms with Gasteiger partial charge in [0.2, 0.25) is 11.7 Å². The fourth-order valence-electron chi connectivity index (χ4n) is 3.41. The first-order valence-electron chi connectivity index (χ1n) is 10.1. The first-order valence-corrected chi connectivity index (χ1v) is 10.1. The van der Waals surface area contributed by atoms with E-state index in [1.165, 1.54) is 19.2 Å². The van der Waals surface area contributed by atoms with Gasteiger partial charge in [-0.2, -0.15) is 13.9 Å². The van der Waals surface area contributed by atoms with E-state index in [-0.39, 0.29) is 23.5 Å². The van der Waals surface area contributed by atoms with E-state index in [1.54, 1.807) is 35.7 Å². The molecule has 10 nitrogen and oxygen atoms in total. The monoisotopic (exact) mass is 456 g/mol. The van der Waals surface area contributed by atoms with Crippen molar-refractivity contribution in [3.8, 4) is 11.3 Å². The van der Waals surface area contributed by atoms with Gasteiger partial charge in [0.05, 0.1) is 17.9 Å². The first kappa shape index (κ1) is 22.2. The lowest BCUT2D eigenvalue weighted by Crippen LogP contribution is -2.37. The second kappa shape index (κ2) is 8.19. The number of fused-ring (bicyclic) bond motifs is 1. The molecule has 0 bridgehead atoms. The standard InChI is InChI=1S/C21H22F2N8O2/c1-11-7-18(28-20(25-11)21(3,22)23)27-14-9-17(26-12(2)32)24-10-13(14)15-8-16-19(33)30(4)5-6-31(16)29-15/h7-10H,5-6H2,1-4H3,(H2,24,25,26,27,28,32). The van der Waals surface area contributed by atoms with E-state index in [4.69, 9.17) is 0 Å². The molecule has 172 valence electrons. The molecule has 2 N–H and O–H groups in total. The number of aromatic nitrogens is 5. The van der Waals surface area contributed by atoms with Crippen molar-refractivity contribution in [3.63, 3.8) is 0 Å². The number of carbonyl (C=O) groups excluding carboxylic acids is 2. The van der Waals surface area contributed by atoms with Gasteiger partial charge in [-0.3, -0.25) is 14.3 Å². The maximum atomic E-state index is 13.8. The van der Waals surface area contributed by atoms with Crippen LogP contribution in [0.15, 0.2) is 24.4 Å². The fraction of sp³-hybridized carbons (Fsp3) is 0.333. The van der Waals surface area contributed by atoms with E-state index in [0.29, 0.717) is 41.4 Å². The molecular weight excluding hydrogens is 434 g/mol. The van der Waals surface area contributed by atoms with Crippen LogP contribution in [0.3, 0.4) is 0 Å². The molecule has 3 aromatic heterocycles. The summed E-state index contributed by atoms with van der Waals surface area (Å²) in [6, 6.07) is 4.72. The highest BCUT2D eigenvalue weighted by atomic mass is 19.3. The molecule has 12 heteroatoms. The number of halogens is 2. The van der Waals surface area contributed by atoms with Gasteiger partial charge in [-0.05, 0) is 13.0 Å². The molecule has 0 fully saturated rings. The van der Waals surface area contributed by atoms with E-state index in [1.807, 2.05) is 0 Å². The Bertz CT molecular complexity index is 1250. The second-order valence-corrected chi connectivity index (χ2v) is 7.89. The average Bonchev–Trinajstić information content (AvgIpc) is 3.14. The Labute approximate surface area is 188 Å². The van der Waals surface area contributed by atoms with Gasteiger partial charge in [0.25, 0.3) is 5.91 Å². The molecule has 0 aromatic carbocycles. The van der Waals surface area contributed by atoms with Gasteiger partial charge in [-0.25, -0.2) is 15.0 Å². The van der Waals surface area contributed by atoms with Crippen molar-refractivity contribution in [1.82, 2.24) is 29.6 Å². The molecule has 2 amide bonds. The zero-order valence-electron chi connectivity index (χ0n) is 18.5. The number of nitrogens with zero attached hydrogens (tertiary/aromatic N) is 6. The maximum Gasteiger partial charge on any atom is 0.303 e. The number of anilines is 3. The molecular formula is C21H22F2N8O2. The molecule has 0 aliphatic carbocycles. The smallest absolute Gasteiger partial charge is 0.303 e. The van der Waals surface area contributed by atoms with Gasteiger partial charge in [0, 0.05) is 57.0 Å². The molecule has 0 saturated carbocycles. The lowest BCUT2D eigenvalue weighted by atomic mass is 10.1. The molecule has 0 saturated heterocycles. The Morgan fingerprint density at radius 3 is 2.61 bits per heavy atom. The molecule has 0 unspecified atom stereocenters. The van der Waals surface area contributed by atoms with Gasteiger partial charge < -0.3 is 15.5 Å². The minimum atomic E-state index is -3.22. The number of rotatable bonds is 5. The van der Waals surface area contributed by atoms with Crippen LogP contribution in [0.2, 0.25) is 0 Å². The quantitative estimate of drug-likeness (QED) is 0.606. The molecule has 4 rings (SSSR count). The number of aryl methyl sites for hydroxylation is 1. The van der Waals surface area contributed by atoms with E-state index in [9.17, 15) is 18.4 Å². The highest BCUT2D eigenvalue weighted by molar-refractivity contribution is 5.95. The molecule has 0 atom stereocenters. The Hall–Kier alpha value is -3.96. The minimum Gasteiger partial charge on any atom is -0.339 e. The number of nitrogens with one attached hydrogen (secondary N) is 2. The topological polar surface area (TPSA) is 118 Å². The number of hydrogen-bond acceptors (Lipinski definition) is 7. The molecule has 0 radical (unpaired) electrons. The van der Waals surface area contributed by atoms with E-state index >= 15 is 0 Å². The molecule has 4 heterocycles. The summed E-state index contributed by atoms with van der Waals surface area (Å²) in [6.45, 7) is 4.73. The van der Waals surface area contributed by atoms with Crippen LogP contribution in [0.4, 0.5) is 26.1 Å². The number of hydrogen-bond donors (Lipinski definition) is 2. The van der Waals surface area contributed by atoms with Gasteiger partial charge in [-0.15, -0.1) is 0 Å². The predicted octanol–water partition coefficient (Wildman–Crippen LogP) is 2.94. The number of pyridine rings is 1. The highest BCUT2D eigenvalue weighted by Crippen LogP contribution is 2.33. The van der Waals surface area contributed by atoms with Crippen LogP contribution in [-0.2, 0) is 17.3 Å². The Morgan fingerprint density at radius 1 is 1.15 bits per heavy atom. The van der Waals surface area contributed by atoms with Crippen molar-refractivity contribution in [2.75, 3.05) is 24.2 Å².